The maximum absolute atomic E-state index is 12.1. The van der Waals surface area contributed by atoms with Gasteiger partial charge in [0.25, 0.3) is 5.91 Å². The summed E-state index contributed by atoms with van der Waals surface area (Å²) in [7, 11) is 0. The van der Waals surface area contributed by atoms with Gasteiger partial charge in [-0.3, -0.25) is 4.79 Å². The predicted molar refractivity (Wildman–Crippen MR) is 80.1 cm³/mol. The van der Waals surface area contributed by atoms with Crippen LogP contribution in [0.4, 0.5) is 0 Å². The lowest BCUT2D eigenvalue weighted by Gasteiger charge is -2.15. The number of amides is 1. The fraction of sp³-hybridized carbons (Fsp3) is 0.0667. The van der Waals surface area contributed by atoms with Gasteiger partial charge in [-0.05, 0) is 23.8 Å². The molecule has 2 aromatic rings. The van der Waals surface area contributed by atoms with Crippen LogP contribution in [-0.2, 0) is 4.79 Å². The summed E-state index contributed by atoms with van der Waals surface area (Å²) in [6.07, 6.45) is 0. The van der Waals surface area contributed by atoms with E-state index in [2.05, 4.69) is 21.2 Å². The molecule has 1 amide bonds. The molecule has 2 rings (SSSR count). The average molecular weight is 350 g/mol. The smallest absolute Gasteiger partial charge is 0.330 e. The molecule has 0 aliphatic heterocycles. The normalized spacial score (nSPS) is 11.7. The summed E-state index contributed by atoms with van der Waals surface area (Å²) in [5.74, 6) is -2.05. The van der Waals surface area contributed by atoms with Crippen LogP contribution in [0.15, 0.2) is 53.0 Å². The Labute approximate surface area is 129 Å². The number of aromatic hydroxyl groups is 1. The molecule has 108 valence electrons. The van der Waals surface area contributed by atoms with Crippen LogP contribution in [0, 0.1) is 0 Å². The molecule has 0 spiro atoms. The van der Waals surface area contributed by atoms with Crippen LogP contribution in [0.25, 0.3) is 0 Å². The van der Waals surface area contributed by atoms with Gasteiger partial charge in [-0.25, -0.2) is 4.79 Å². The van der Waals surface area contributed by atoms with Gasteiger partial charge in [0, 0.05) is 4.47 Å². The Balaban J connectivity index is 2.25. The molecule has 0 fully saturated rings. The van der Waals surface area contributed by atoms with Crippen molar-refractivity contribution in [2.24, 2.45) is 0 Å². The van der Waals surface area contributed by atoms with Crippen molar-refractivity contribution in [2.75, 3.05) is 0 Å². The molecule has 0 saturated heterocycles. The first kappa shape index (κ1) is 15.1. The van der Waals surface area contributed by atoms with E-state index in [1.165, 1.54) is 12.1 Å². The maximum Gasteiger partial charge on any atom is 0.330 e. The molecule has 1 atom stereocenters. The molecule has 0 radical (unpaired) electrons. The Morgan fingerprint density at radius 1 is 1.10 bits per heavy atom. The highest BCUT2D eigenvalue weighted by Gasteiger charge is 2.23. The van der Waals surface area contributed by atoms with Crippen molar-refractivity contribution in [2.45, 2.75) is 6.04 Å². The van der Waals surface area contributed by atoms with E-state index in [9.17, 15) is 19.8 Å². The number of nitrogens with one attached hydrogen (secondary N) is 1. The molecule has 0 aromatic heterocycles. The van der Waals surface area contributed by atoms with Crippen LogP contribution in [0.1, 0.15) is 22.0 Å². The molecule has 0 heterocycles. The van der Waals surface area contributed by atoms with Gasteiger partial charge in [-0.2, -0.15) is 0 Å². The van der Waals surface area contributed by atoms with E-state index in [-0.39, 0.29) is 11.3 Å². The van der Waals surface area contributed by atoms with Gasteiger partial charge in [0.15, 0.2) is 6.04 Å². The molecule has 0 aliphatic rings. The summed E-state index contributed by atoms with van der Waals surface area (Å²) in [6.45, 7) is 0. The number of carboxylic acid groups (broad SMARTS) is 1. The molecule has 3 N–H and O–H groups in total. The standard InChI is InChI=1S/C15H12BrNO4/c16-10-6-7-11(12(18)8-10)14(19)17-13(15(20)21)9-4-2-1-3-5-9/h1-8,13,18H,(H,17,19)(H,20,21). The topological polar surface area (TPSA) is 86.6 Å². The minimum Gasteiger partial charge on any atom is -0.507 e. The van der Waals surface area contributed by atoms with Crippen LogP contribution in [0.5, 0.6) is 5.75 Å². The van der Waals surface area contributed by atoms with E-state index in [0.717, 1.165) is 0 Å². The van der Waals surface area contributed by atoms with Gasteiger partial charge in [-0.1, -0.05) is 46.3 Å². The van der Waals surface area contributed by atoms with Crippen LogP contribution >= 0.6 is 15.9 Å². The number of carboxylic acids is 1. The second-order valence-corrected chi connectivity index (χ2v) is 5.23. The number of carbonyl (C=O) groups excluding carboxylic acids is 1. The number of hydrogen-bond acceptors (Lipinski definition) is 3. The van der Waals surface area contributed by atoms with Crippen molar-refractivity contribution < 1.29 is 19.8 Å². The lowest BCUT2D eigenvalue weighted by atomic mass is 10.1. The molecule has 2 aromatic carbocycles. The fourth-order valence-electron chi connectivity index (χ4n) is 1.84. The SMILES string of the molecule is O=C(NC(C(=O)O)c1ccccc1)c1ccc(Br)cc1O. The number of phenolic OH excluding ortho intramolecular Hbond substituents is 1. The van der Waals surface area contributed by atoms with Gasteiger partial charge >= 0.3 is 5.97 Å². The number of phenols is 1. The number of carbonyl (C=O) groups is 2. The molecule has 0 bridgehead atoms. The molecular formula is C15H12BrNO4. The van der Waals surface area contributed by atoms with Gasteiger partial charge in [0.05, 0.1) is 5.56 Å². The van der Waals surface area contributed by atoms with E-state index in [0.29, 0.717) is 10.0 Å². The lowest BCUT2D eigenvalue weighted by Crippen LogP contribution is -2.33. The van der Waals surface area contributed by atoms with Crippen molar-refractivity contribution in [1.29, 1.82) is 0 Å². The maximum atomic E-state index is 12.1. The molecule has 0 aliphatic carbocycles. The third-order valence-electron chi connectivity index (χ3n) is 2.86. The molecular weight excluding hydrogens is 338 g/mol. The summed E-state index contributed by atoms with van der Waals surface area (Å²) in [5, 5.41) is 21.4. The Kier molecular flexibility index (Phi) is 4.59. The first-order valence-corrected chi connectivity index (χ1v) is 6.85. The van der Waals surface area contributed by atoms with E-state index >= 15 is 0 Å². The van der Waals surface area contributed by atoms with Crippen LogP contribution in [0.2, 0.25) is 0 Å². The number of benzene rings is 2. The van der Waals surface area contributed by atoms with Crippen LogP contribution in [0.3, 0.4) is 0 Å². The zero-order valence-corrected chi connectivity index (χ0v) is 12.4. The quantitative estimate of drug-likeness (QED) is 0.791. The highest BCUT2D eigenvalue weighted by molar-refractivity contribution is 9.10. The minimum absolute atomic E-state index is 0.0142. The molecule has 1 unspecified atom stereocenters. The van der Waals surface area contributed by atoms with Crippen molar-refractivity contribution in [3.63, 3.8) is 0 Å². The summed E-state index contributed by atoms with van der Waals surface area (Å²) >= 11 is 3.17. The van der Waals surface area contributed by atoms with Crippen molar-refractivity contribution in [3.05, 3.63) is 64.1 Å². The predicted octanol–water partition coefficient (Wildman–Crippen LogP) is 2.71. The fourth-order valence-corrected chi connectivity index (χ4v) is 2.19. The van der Waals surface area contributed by atoms with Crippen molar-refractivity contribution >= 4 is 27.8 Å². The minimum atomic E-state index is -1.18. The van der Waals surface area contributed by atoms with Gasteiger partial charge in [-0.15, -0.1) is 0 Å². The second kappa shape index (κ2) is 6.41. The summed E-state index contributed by atoms with van der Waals surface area (Å²) < 4.78 is 0.620. The second-order valence-electron chi connectivity index (χ2n) is 4.32. The molecule has 6 heteroatoms. The van der Waals surface area contributed by atoms with E-state index < -0.39 is 17.9 Å². The van der Waals surface area contributed by atoms with Crippen LogP contribution < -0.4 is 5.32 Å². The Morgan fingerprint density at radius 3 is 2.33 bits per heavy atom. The third kappa shape index (κ3) is 3.61. The zero-order valence-electron chi connectivity index (χ0n) is 10.8. The van der Waals surface area contributed by atoms with Gasteiger partial charge in [0.2, 0.25) is 0 Å². The van der Waals surface area contributed by atoms with Crippen molar-refractivity contribution in [3.8, 4) is 5.75 Å². The summed E-state index contributed by atoms with van der Waals surface area (Å²) in [6, 6.07) is 11.6. The number of hydrogen-bond donors (Lipinski definition) is 3. The monoisotopic (exact) mass is 349 g/mol. The Bertz CT molecular complexity index is 673. The average Bonchev–Trinajstić information content (AvgIpc) is 2.45. The number of halogens is 1. The van der Waals surface area contributed by atoms with Crippen molar-refractivity contribution in [1.82, 2.24) is 5.32 Å². The largest absolute Gasteiger partial charge is 0.507 e. The third-order valence-corrected chi connectivity index (χ3v) is 3.35. The van der Waals surface area contributed by atoms with Gasteiger partial charge < -0.3 is 15.5 Å². The Morgan fingerprint density at radius 2 is 1.76 bits per heavy atom. The van der Waals surface area contributed by atoms with E-state index in [1.54, 1.807) is 36.4 Å². The molecule has 0 saturated carbocycles. The molecule has 21 heavy (non-hydrogen) atoms. The highest BCUT2D eigenvalue weighted by Crippen LogP contribution is 2.23. The lowest BCUT2D eigenvalue weighted by molar-refractivity contribution is -0.139. The number of aliphatic carboxylic acids is 1. The summed E-state index contributed by atoms with van der Waals surface area (Å²) in [4.78, 5) is 23.4. The first-order chi connectivity index (χ1) is 9.99. The van der Waals surface area contributed by atoms with Gasteiger partial charge in [0.1, 0.15) is 5.75 Å². The highest BCUT2D eigenvalue weighted by atomic mass is 79.9. The zero-order chi connectivity index (χ0) is 15.4. The molecule has 5 nitrogen and oxygen atoms in total. The number of rotatable bonds is 4. The first-order valence-electron chi connectivity index (χ1n) is 6.06. The Hall–Kier alpha value is -2.34. The summed E-state index contributed by atoms with van der Waals surface area (Å²) in [5.41, 5.74) is 0.468. The van der Waals surface area contributed by atoms with Crippen LogP contribution in [-0.4, -0.2) is 22.1 Å². The van der Waals surface area contributed by atoms with E-state index in [1.807, 2.05) is 0 Å². The van der Waals surface area contributed by atoms with E-state index in [4.69, 9.17) is 0 Å².